The molecule has 3 rings (SSSR count). The first-order valence-corrected chi connectivity index (χ1v) is 9.42. The van der Waals surface area contributed by atoms with Gasteiger partial charge in [-0.1, -0.05) is 12.1 Å². The van der Waals surface area contributed by atoms with E-state index in [2.05, 4.69) is 5.16 Å². The molecule has 1 saturated carbocycles. The van der Waals surface area contributed by atoms with E-state index >= 15 is 0 Å². The quantitative estimate of drug-likeness (QED) is 0.828. The van der Waals surface area contributed by atoms with E-state index in [0.717, 1.165) is 12.8 Å². The third-order valence-electron chi connectivity index (χ3n) is 4.82. The second-order valence-electron chi connectivity index (χ2n) is 6.76. The van der Waals surface area contributed by atoms with E-state index < -0.39 is 10.0 Å². The first-order chi connectivity index (χ1) is 10.8. The van der Waals surface area contributed by atoms with E-state index in [4.69, 9.17) is 4.52 Å². The van der Waals surface area contributed by atoms with Gasteiger partial charge in [0.1, 0.15) is 10.6 Å². The molecular formula is C15H23N3O4S. The van der Waals surface area contributed by atoms with Crippen molar-refractivity contribution < 1.29 is 17.7 Å². The minimum absolute atomic E-state index is 0.159. The number of aromatic nitrogens is 1. The van der Waals surface area contributed by atoms with Gasteiger partial charge in [-0.25, -0.2) is 8.42 Å². The van der Waals surface area contributed by atoms with E-state index in [0.29, 0.717) is 44.1 Å². The molecule has 0 radical (unpaired) electrons. The van der Waals surface area contributed by atoms with Crippen molar-refractivity contribution >= 4 is 15.9 Å². The smallest absolute Gasteiger partial charge is 0.248 e. The number of carbonyl (C=O) groups excluding carboxylic acids is 1. The number of aryl methyl sites for hydroxylation is 2. The Labute approximate surface area is 136 Å². The van der Waals surface area contributed by atoms with Crippen LogP contribution in [0.5, 0.6) is 0 Å². The lowest BCUT2D eigenvalue weighted by atomic mass is 10.1. The molecule has 1 aromatic heterocycles. The zero-order valence-corrected chi connectivity index (χ0v) is 14.6. The minimum Gasteiger partial charge on any atom is -0.360 e. The highest BCUT2D eigenvalue weighted by Gasteiger charge is 2.47. The fourth-order valence-electron chi connectivity index (χ4n) is 3.09. The molecule has 128 valence electrons. The number of carbonyl (C=O) groups is 1. The molecule has 0 atom stereocenters. The van der Waals surface area contributed by atoms with E-state index in [-0.39, 0.29) is 16.2 Å². The van der Waals surface area contributed by atoms with Gasteiger partial charge in [0, 0.05) is 31.6 Å². The van der Waals surface area contributed by atoms with Crippen LogP contribution in [0.1, 0.15) is 37.6 Å². The molecule has 1 saturated heterocycles. The van der Waals surface area contributed by atoms with Crippen LogP contribution in [0.15, 0.2) is 9.42 Å². The molecule has 2 fully saturated rings. The van der Waals surface area contributed by atoms with Gasteiger partial charge >= 0.3 is 0 Å². The van der Waals surface area contributed by atoms with Gasteiger partial charge in [-0.05, 0) is 33.1 Å². The summed E-state index contributed by atoms with van der Waals surface area (Å²) >= 11 is 0. The molecule has 23 heavy (non-hydrogen) atoms. The molecule has 1 amide bonds. The zero-order valence-electron chi connectivity index (χ0n) is 13.8. The second-order valence-corrected chi connectivity index (χ2v) is 8.64. The summed E-state index contributed by atoms with van der Waals surface area (Å²) in [5.74, 6) is 0.472. The maximum absolute atomic E-state index is 12.9. The lowest BCUT2D eigenvalue weighted by Gasteiger charge is -2.24. The van der Waals surface area contributed by atoms with E-state index in [1.165, 1.54) is 4.31 Å². The van der Waals surface area contributed by atoms with Crippen molar-refractivity contribution in [2.45, 2.75) is 44.9 Å². The first-order valence-electron chi connectivity index (χ1n) is 7.98. The third-order valence-corrected chi connectivity index (χ3v) is 6.97. The zero-order chi connectivity index (χ0) is 16.8. The summed E-state index contributed by atoms with van der Waals surface area (Å²) in [5, 5.41) is 3.74. The van der Waals surface area contributed by atoms with Crippen LogP contribution in [0, 0.1) is 19.3 Å². The Morgan fingerprint density at radius 2 is 1.87 bits per heavy atom. The largest absolute Gasteiger partial charge is 0.360 e. The molecule has 0 unspecified atom stereocenters. The van der Waals surface area contributed by atoms with Crippen LogP contribution in [0.4, 0.5) is 0 Å². The Bertz CT molecular complexity index is 702. The predicted octanol–water partition coefficient (Wildman–Crippen LogP) is 1.31. The van der Waals surface area contributed by atoms with Gasteiger partial charge in [0.05, 0.1) is 0 Å². The maximum atomic E-state index is 12.9. The maximum Gasteiger partial charge on any atom is 0.248 e. The van der Waals surface area contributed by atoms with E-state index in [9.17, 15) is 13.2 Å². The van der Waals surface area contributed by atoms with Crippen LogP contribution >= 0.6 is 0 Å². The third kappa shape index (κ3) is 2.89. The van der Waals surface area contributed by atoms with Crippen molar-refractivity contribution in [3.63, 3.8) is 0 Å². The SMILES string of the molecule is Cc1noc(C)c1S(=O)(=O)N1CCCN(C(=O)C2(C)CC2)CC1. The van der Waals surface area contributed by atoms with Gasteiger partial charge in [-0.15, -0.1) is 0 Å². The fourth-order valence-corrected chi connectivity index (χ4v) is 4.85. The van der Waals surface area contributed by atoms with Crippen molar-refractivity contribution in [2.75, 3.05) is 26.2 Å². The Hall–Kier alpha value is -1.41. The second kappa shape index (κ2) is 5.59. The molecule has 8 heteroatoms. The van der Waals surface area contributed by atoms with E-state index in [1.807, 2.05) is 11.8 Å². The summed E-state index contributed by atoms with van der Waals surface area (Å²) in [6, 6.07) is 0. The van der Waals surface area contributed by atoms with Crippen LogP contribution in [-0.2, 0) is 14.8 Å². The number of hydrogen-bond acceptors (Lipinski definition) is 5. The number of sulfonamides is 1. The van der Waals surface area contributed by atoms with Crippen LogP contribution in [0.3, 0.4) is 0 Å². The van der Waals surface area contributed by atoms with Crippen molar-refractivity contribution in [2.24, 2.45) is 5.41 Å². The highest BCUT2D eigenvalue weighted by molar-refractivity contribution is 7.89. The van der Waals surface area contributed by atoms with E-state index in [1.54, 1.807) is 13.8 Å². The summed E-state index contributed by atoms with van der Waals surface area (Å²) in [5.41, 5.74) is 0.167. The summed E-state index contributed by atoms with van der Waals surface area (Å²) in [6.07, 6.45) is 2.51. The molecule has 2 aliphatic rings. The van der Waals surface area contributed by atoms with Gasteiger partial charge in [0.25, 0.3) is 0 Å². The fraction of sp³-hybridized carbons (Fsp3) is 0.733. The van der Waals surface area contributed by atoms with Gasteiger partial charge in [0.15, 0.2) is 5.76 Å². The number of rotatable bonds is 3. The average Bonchev–Trinajstić information content (AvgIpc) is 3.20. The number of nitrogens with zero attached hydrogens (tertiary/aromatic N) is 3. The Balaban J connectivity index is 1.76. The molecule has 1 aromatic rings. The molecule has 0 spiro atoms. The first kappa shape index (κ1) is 16.4. The van der Waals surface area contributed by atoms with Gasteiger partial charge < -0.3 is 9.42 Å². The summed E-state index contributed by atoms with van der Waals surface area (Å²) in [4.78, 5) is 14.4. The topological polar surface area (TPSA) is 83.7 Å². The molecule has 1 aliphatic carbocycles. The van der Waals surface area contributed by atoms with Crippen LogP contribution in [0.25, 0.3) is 0 Å². The van der Waals surface area contributed by atoms with Crippen molar-refractivity contribution in [1.82, 2.24) is 14.4 Å². The molecule has 2 heterocycles. The molecule has 0 aromatic carbocycles. The van der Waals surface area contributed by atoms with Gasteiger partial charge in [0.2, 0.25) is 15.9 Å². The predicted molar refractivity (Wildman–Crippen MR) is 83.3 cm³/mol. The Morgan fingerprint density at radius 1 is 1.17 bits per heavy atom. The summed E-state index contributed by atoms with van der Waals surface area (Å²) < 4.78 is 32.1. The molecular weight excluding hydrogens is 318 g/mol. The molecule has 7 nitrogen and oxygen atoms in total. The standard InChI is InChI=1S/C15H23N3O4S/c1-11-13(12(2)22-16-11)23(20,21)18-8-4-7-17(9-10-18)14(19)15(3)5-6-15/h4-10H2,1-3H3. The molecule has 0 bridgehead atoms. The monoisotopic (exact) mass is 341 g/mol. The minimum atomic E-state index is -3.63. The van der Waals surface area contributed by atoms with Crippen molar-refractivity contribution in [3.05, 3.63) is 11.5 Å². The average molecular weight is 341 g/mol. The summed E-state index contributed by atoms with van der Waals surface area (Å²) in [6.45, 7) is 7.00. The highest BCUT2D eigenvalue weighted by Crippen LogP contribution is 2.46. The lowest BCUT2D eigenvalue weighted by molar-refractivity contribution is -0.136. The number of amides is 1. The summed E-state index contributed by atoms with van der Waals surface area (Å²) in [7, 11) is -3.63. The Morgan fingerprint density at radius 3 is 2.43 bits per heavy atom. The molecule has 0 N–H and O–H groups in total. The lowest BCUT2D eigenvalue weighted by Crippen LogP contribution is -2.40. The Kier molecular flexibility index (Phi) is 4.00. The molecule has 1 aliphatic heterocycles. The normalized spacial score (nSPS) is 22.0. The van der Waals surface area contributed by atoms with Gasteiger partial charge in [-0.3, -0.25) is 4.79 Å². The van der Waals surface area contributed by atoms with Crippen LogP contribution in [-0.4, -0.2) is 54.9 Å². The van der Waals surface area contributed by atoms with Crippen LogP contribution < -0.4 is 0 Å². The van der Waals surface area contributed by atoms with Crippen LogP contribution in [0.2, 0.25) is 0 Å². The highest BCUT2D eigenvalue weighted by atomic mass is 32.2. The van der Waals surface area contributed by atoms with Gasteiger partial charge in [-0.2, -0.15) is 4.31 Å². The van der Waals surface area contributed by atoms with Crippen molar-refractivity contribution in [3.8, 4) is 0 Å². The van der Waals surface area contributed by atoms with Crippen molar-refractivity contribution in [1.29, 1.82) is 0 Å². The number of hydrogen-bond donors (Lipinski definition) is 0.